The van der Waals surface area contributed by atoms with Crippen LogP contribution in [0.15, 0.2) is 0 Å². The smallest absolute Gasteiger partial charge is 0.111 e. The Morgan fingerprint density at radius 1 is 1.67 bits per heavy atom. The van der Waals surface area contributed by atoms with Gasteiger partial charge in [-0.05, 0) is 25.2 Å². The maximum Gasteiger partial charge on any atom is 0.111 e. The fourth-order valence-electron chi connectivity index (χ4n) is 1.39. The molecule has 1 nitrogen and oxygen atoms in total. The summed E-state index contributed by atoms with van der Waals surface area (Å²) >= 11 is 0. The van der Waals surface area contributed by atoms with Gasteiger partial charge >= 0.3 is 0 Å². The molecule has 54 valence electrons. The summed E-state index contributed by atoms with van der Waals surface area (Å²) in [5.74, 6) is 0.245. The van der Waals surface area contributed by atoms with Gasteiger partial charge in [0.25, 0.3) is 0 Å². The minimum Gasteiger partial charge on any atom is -0.396 e. The summed E-state index contributed by atoms with van der Waals surface area (Å²) in [5, 5.41) is 8.55. The third-order valence-corrected chi connectivity index (χ3v) is 2.20. The summed E-state index contributed by atoms with van der Waals surface area (Å²) < 4.78 is 13.0. The summed E-state index contributed by atoms with van der Waals surface area (Å²) in [6.07, 6.45) is 1.74. The predicted octanol–water partition coefficient (Wildman–Crippen LogP) is 1.51. The molecule has 0 amide bonds. The van der Waals surface area contributed by atoms with Crippen LogP contribution in [0.3, 0.4) is 0 Å². The first kappa shape index (κ1) is 7.00. The topological polar surface area (TPSA) is 20.2 Å². The molecule has 0 spiro atoms. The van der Waals surface area contributed by atoms with Gasteiger partial charge in [0.05, 0.1) is 0 Å². The highest BCUT2D eigenvalue weighted by Crippen LogP contribution is 2.42. The van der Waals surface area contributed by atoms with E-state index in [0.717, 1.165) is 0 Å². The molecule has 2 heteroatoms. The van der Waals surface area contributed by atoms with E-state index in [1.165, 1.54) is 0 Å². The Labute approximate surface area is 54.9 Å². The number of aliphatic hydroxyl groups excluding tert-OH is 1. The summed E-state index contributed by atoms with van der Waals surface area (Å²) in [5.41, 5.74) is -0.923. The molecular formula is C7H13FO. The molecule has 1 fully saturated rings. The van der Waals surface area contributed by atoms with E-state index in [1.54, 1.807) is 0 Å². The van der Waals surface area contributed by atoms with Gasteiger partial charge in [-0.3, -0.25) is 0 Å². The molecule has 1 rings (SSSR count). The van der Waals surface area contributed by atoms with Crippen molar-refractivity contribution in [2.75, 3.05) is 6.61 Å². The Balaban J connectivity index is 2.24. The quantitative estimate of drug-likeness (QED) is 0.603. The third-order valence-electron chi connectivity index (χ3n) is 2.20. The van der Waals surface area contributed by atoms with E-state index in [0.29, 0.717) is 19.3 Å². The van der Waals surface area contributed by atoms with Crippen LogP contribution in [0.5, 0.6) is 0 Å². The van der Waals surface area contributed by atoms with Gasteiger partial charge in [0.2, 0.25) is 0 Å². The first-order chi connectivity index (χ1) is 4.20. The number of hydrogen-bond acceptors (Lipinski definition) is 1. The van der Waals surface area contributed by atoms with Crippen molar-refractivity contribution >= 4 is 0 Å². The molecule has 0 aromatic heterocycles. The molecule has 0 aliphatic heterocycles. The van der Waals surface area contributed by atoms with E-state index >= 15 is 0 Å². The number of aliphatic hydroxyl groups is 1. The molecule has 0 radical (unpaired) electrons. The minimum atomic E-state index is -0.923. The second kappa shape index (κ2) is 2.25. The normalized spacial score (nSPS) is 42.3. The molecule has 0 bridgehead atoms. The Kier molecular flexibility index (Phi) is 1.75. The third kappa shape index (κ3) is 1.23. The molecule has 0 heterocycles. The fraction of sp³-hybridized carbons (Fsp3) is 1.00. The van der Waals surface area contributed by atoms with Gasteiger partial charge in [-0.1, -0.05) is 6.92 Å². The Morgan fingerprint density at radius 3 is 2.56 bits per heavy atom. The van der Waals surface area contributed by atoms with Crippen molar-refractivity contribution < 1.29 is 9.50 Å². The lowest BCUT2D eigenvalue weighted by molar-refractivity contribution is -0.0207. The van der Waals surface area contributed by atoms with Crippen LogP contribution in [0, 0.1) is 5.92 Å². The molecule has 0 aromatic rings. The number of alkyl halides is 1. The fourth-order valence-corrected chi connectivity index (χ4v) is 1.39. The van der Waals surface area contributed by atoms with Crippen LogP contribution in [0.4, 0.5) is 4.39 Å². The Hall–Kier alpha value is -0.110. The largest absolute Gasteiger partial charge is 0.396 e. The van der Waals surface area contributed by atoms with Gasteiger partial charge in [0.1, 0.15) is 5.67 Å². The maximum absolute atomic E-state index is 13.0. The molecule has 1 aliphatic carbocycles. The van der Waals surface area contributed by atoms with Crippen LogP contribution in [-0.4, -0.2) is 17.4 Å². The molecule has 1 saturated carbocycles. The van der Waals surface area contributed by atoms with Crippen molar-refractivity contribution in [2.45, 2.75) is 31.9 Å². The highest BCUT2D eigenvalue weighted by Gasteiger charge is 2.42. The van der Waals surface area contributed by atoms with Crippen molar-refractivity contribution in [3.8, 4) is 0 Å². The van der Waals surface area contributed by atoms with Crippen molar-refractivity contribution in [2.24, 2.45) is 5.92 Å². The minimum absolute atomic E-state index is 0.158. The molecular weight excluding hydrogens is 119 g/mol. The van der Waals surface area contributed by atoms with Gasteiger partial charge in [0, 0.05) is 6.61 Å². The van der Waals surface area contributed by atoms with E-state index in [4.69, 9.17) is 5.11 Å². The summed E-state index contributed by atoms with van der Waals surface area (Å²) in [4.78, 5) is 0. The summed E-state index contributed by atoms with van der Waals surface area (Å²) in [7, 11) is 0. The van der Waals surface area contributed by atoms with Crippen LogP contribution < -0.4 is 0 Å². The lowest BCUT2D eigenvalue weighted by atomic mass is 9.71. The Morgan fingerprint density at radius 2 is 2.22 bits per heavy atom. The SMILES string of the molecule is CCC1(F)CC(CO)C1. The van der Waals surface area contributed by atoms with Crippen molar-refractivity contribution in [1.29, 1.82) is 0 Å². The van der Waals surface area contributed by atoms with Crippen LogP contribution in [0.2, 0.25) is 0 Å². The second-order valence-corrected chi connectivity index (χ2v) is 2.96. The number of hydrogen-bond donors (Lipinski definition) is 1. The van der Waals surface area contributed by atoms with E-state index in [2.05, 4.69) is 0 Å². The predicted molar refractivity (Wildman–Crippen MR) is 33.9 cm³/mol. The number of rotatable bonds is 2. The zero-order valence-corrected chi connectivity index (χ0v) is 5.73. The van der Waals surface area contributed by atoms with E-state index < -0.39 is 5.67 Å². The Bertz CT molecular complexity index is 97.1. The van der Waals surface area contributed by atoms with E-state index in [-0.39, 0.29) is 12.5 Å². The average molecular weight is 132 g/mol. The molecule has 0 saturated heterocycles. The summed E-state index contributed by atoms with van der Waals surface area (Å²) in [6, 6.07) is 0. The average Bonchev–Trinajstić information content (AvgIpc) is 1.81. The van der Waals surface area contributed by atoms with Crippen molar-refractivity contribution in [3.05, 3.63) is 0 Å². The maximum atomic E-state index is 13.0. The molecule has 1 N–H and O–H groups in total. The van der Waals surface area contributed by atoms with Gasteiger partial charge in [-0.15, -0.1) is 0 Å². The standard InChI is InChI=1S/C7H13FO/c1-2-7(8)3-6(4-7)5-9/h6,9H,2-5H2,1H3. The molecule has 0 atom stereocenters. The first-order valence-corrected chi connectivity index (χ1v) is 3.50. The lowest BCUT2D eigenvalue weighted by Crippen LogP contribution is -2.40. The van der Waals surface area contributed by atoms with Gasteiger partial charge < -0.3 is 5.11 Å². The van der Waals surface area contributed by atoms with Gasteiger partial charge in [-0.2, -0.15) is 0 Å². The summed E-state index contributed by atoms with van der Waals surface area (Å²) in [6.45, 7) is 2.01. The first-order valence-electron chi connectivity index (χ1n) is 3.50. The lowest BCUT2D eigenvalue weighted by Gasteiger charge is -2.39. The van der Waals surface area contributed by atoms with Gasteiger partial charge in [0.15, 0.2) is 0 Å². The van der Waals surface area contributed by atoms with Crippen molar-refractivity contribution in [1.82, 2.24) is 0 Å². The second-order valence-electron chi connectivity index (χ2n) is 2.96. The highest BCUT2D eigenvalue weighted by molar-refractivity contribution is 4.92. The molecule has 9 heavy (non-hydrogen) atoms. The van der Waals surface area contributed by atoms with E-state index in [1.807, 2.05) is 6.92 Å². The molecule has 0 aromatic carbocycles. The van der Waals surface area contributed by atoms with E-state index in [9.17, 15) is 4.39 Å². The molecule has 1 aliphatic rings. The van der Waals surface area contributed by atoms with Crippen LogP contribution in [0.1, 0.15) is 26.2 Å². The van der Waals surface area contributed by atoms with Crippen LogP contribution in [0.25, 0.3) is 0 Å². The van der Waals surface area contributed by atoms with Crippen molar-refractivity contribution in [3.63, 3.8) is 0 Å². The van der Waals surface area contributed by atoms with Gasteiger partial charge in [-0.25, -0.2) is 4.39 Å². The molecule has 0 unspecified atom stereocenters. The van der Waals surface area contributed by atoms with Crippen LogP contribution >= 0.6 is 0 Å². The van der Waals surface area contributed by atoms with Crippen LogP contribution in [-0.2, 0) is 0 Å². The zero-order valence-electron chi connectivity index (χ0n) is 5.73. The zero-order chi connectivity index (χ0) is 6.91. The monoisotopic (exact) mass is 132 g/mol. The highest BCUT2D eigenvalue weighted by atomic mass is 19.1. The number of halogens is 1.